The fourth-order valence-electron chi connectivity index (χ4n) is 2.02. The molecule has 0 bridgehead atoms. The maximum Gasteiger partial charge on any atom is 0.244 e. The number of halogens is 1. The van der Waals surface area contributed by atoms with Gasteiger partial charge in [0, 0.05) is 18.8 Å². The molecule has 2 rings (SSSR count). The second-order valence-electron chi connectivity index (χ2n) is 4.86. The molecule has 1 aromatic heterocycles. The lowest BCUT2D eigenvalue weighted by Crippen LogP contribution is -2.26. The van der Waals surface area contributed by atoms with Gasteiger partial charge in [-0.3, -0.25) is 4.79 Å². The van der Waals surface area contributed by atoms with Gasteiger partial charge in [-0.05, 0) is 41.8 Å². The monoisotopic (exact) mass is 316 g/mol. The van der Waals surface area contributed by atoms with Gasteiger partial charge in [-0.15, -0.1) is 0 Å². The van der Waals surface area contributed by atoms with E-state index < -0.39 is 6.10 Å². The topological polar surface area (TPSA) is 62.2 Å². The van der Waals surface area contributed by atoms with Crippen molar-refractivity contribution in [1.29, 1.82) is 0 Å². The molecule has 2 N–H and O–H groups in total. The van der Waals surface area contributed by atoms with Crippen molar-refractivity contribution in [2.75, 3.05) is 6.54 Å². The van der Waals surface area contributed by atoms with Gasteiger partial charge in [0.05, 0.1) is 6.10 Å². The number of carbonyl (C=O) groups excluding carboxylic acids is 1. The summed E-state index contributed by atoms with van der Waals surface area (Å²) in [6.07, 6.45) is 3.88. The Morgan fingerprint density at radius 1 is 1.41 bits per heavy atom. The standard InChI is InChI=1S/C17H17ClN2O2/c1-12-4-2-3-5-14(12)15(21)11-20-17(22)7-6-13-8-9-19-16(18)10-13/h2-10,15,21H,11H2,1H3,(H,20,22)/b7-6+. The Bertz CT molecular complexity index is 686. The molecule has 1 unspecified atom stereocenters. The van der Waals surface area contributed by atoms with Crippen molar-refractivity contribution >= 4 is 23.6 Å². The first kappa shape index (κ1) is 16.2. The average molecular weight is 317 g/mol. The van der Waals surface area contributed by atoms with E-state index in [1.165, 1.54) is 6.08 Å². The van der Waals surface area contributed by atoms with E-state index in [0.29, 0.717) is 5.15 Å². The van der Waals surface area contributed by atoms with Crippen LogP contribution in [-0.4, -0.2) is 22.5 Å². The smallest absolute Gasteiger partial charge is 0.244 e. The number of rotatable bonds is 5. The summed E-state index contributed by atoms with van der Waals surface area (Å²) in [5.74, 6) is -0.277. The van der Waals surface area contributed by atoms with Crippen LogP contribution in [-0.2, 0) is 4.79 Å². The fraction of sp³-hybridized carbons (Fsp3) is 0.176. The molecule has 5 heteroatoms. The highest BCUT2D eigenvalue weighted by Crippen LogP contribution is 2.16. The van der Waals surface area contributed by atoms with Gasteiger partial charge >= 0.3 is 0 Å². The van der Waals surface area contributed by atoms with Crippen LogP contribution in [0.3, 0.4) is 0 Å². The Morgan fingerprint density at radius 2 is 2.18 bits per heavy atom. The molecule has 0 saturated heterocycles. The highest BCUT2D eigenvalue weighted by Gasteiger charge is 2.10. The Hall–Kier alpha value is -2.17. The van der Waals surface area contributed by atoms with Crippen molar-refractivity contribution < 1.29 is 9.90 Å². The first-order valence-electron chi connectivity index (χ1n) is 6.87. The number of nitrogens with one attached hydrogen (secondary N) is 1. The SMILES string of the molecule is Cc1ccccc1C(O)CNC(=O)/C=C/c1ccnc(Cl)c1. The first-order valence-corrected chi connectivity index (χ1v) is 7.25. The van der Waals surface area contributed by atoms with Gasteiger partial charge < -0.3 is 10.4 Å². The molecule has 114 valence electrons. The zero-order valence-electron chi connectivity index (χ0n) is 12.2. The predicted molar refractivity (Wildman–Crippen MR) is 87.4 cm³/mol. The summed E-state index contributed by atoms with van der Waals surface area (Å²) in [6.45, 7) is 2.08. The molecule has 4 nitrogen and oxygen atoms in total. The van der Waals surface area contributed by atoms with Gasteiger partial charge in [-0.25, -0.2) is 4.98 Å². The highest BCUT2D eigenvalue weighted by atomic mass is 35.5. The zero-order chi connectivity index (χ0) is 15.9. The maximum absolute atomic E-state index is 11.8. The Labute approximate surface area is 134 Å². The first-order chi connectivity index (χ1) is 10.6. The average Bonchev–Trinajstić information content (AvgIpc) is 2.51. The number of hydrogen-bond donors (Lipinski definition) is 2. The molecule has 22 heavy (non-hydrogen) atoms. The van der Waals surface area contributed by atoms with Crippen LogP contribution < -0.4 is 5.32 Å². The van der Waals surface area contributed by atoms with Gasteiger partial charge in [-0.1, -0.05) is 35.9 Å². The molecule has 1 amide bonds. The molecular weight excluding hydrogens is 300 g/mol. The molecule has 0 spiro atoms. The molecule has 1 heterocycles. The minimum Gasteiger partial charge on any atom is -0.387 e. The van der Waals surface area contributed by atoms with Crippen molar-refractivity contribution in [1.82, 2.24) is 10.3 Å². The van der Waals surface area contributed by atoms with Gasteiger partial charge in [0.15, 0.2) is 0 Å². The molecule has 0 radical (unpaired) electrons. The van der Waals surface area contributed by atoms with E-state index >= 15 is 0 Å². The number of amides is 1. The van der Waals surface area contributed by atoms with Crippen molar-refractivity contribution in [2.24, 2.45) is 0 Å². The normalized spacial score (nSPS) is 12.3. The second kappa shape index (κ2) is 7.73. The summed E-state index contributed by atoms with van der Waals surface area (Å²) in [5, 5.41) is 13.1. The summed E-state index contributed by atoms with van der Waals surface area (Å²) in [7, 11) is 0. The Balaban J connectivity index is 1.89. The van der Waals surface area contributed by atoms with Gasteiger partial charge in [-0.2, -0.15) is 0 Å². The number of carbonyl (C=O) groups is 1. The summed E-state index contributed by atoms with van der Waals surface area (Å²) in [5.41, 5.74) is 2.59. The fourth-order valence-corrected chi connectivity index (χ4v) is 2.20. The highest BCUT2D eigenvalue weighted by molar-refractivity contribution is 6.29. The number of benzene rings is 1. The van der Waals surface area contributed by atoms with Crippen molar-refractivity contribution in [3.63, 3.8) is 0 Å². The van der Waals surface area contributed by atoms with Crippen molar-refractivity contribution in [2.45, 2.75) is 13.0 Å². The van der Waals surface area contributed by atoms with Gasteiger partial charge in [0.1, 0.15) is 5.15 Å². The summed E-state index contributed by atoms with van der Waals surface area (Å²) in [6, 6.07) is 11.0. The number of hydrogen-bond acceptors (Lipinski definition) is 3. The van der Waals surface area contributed by atoms with Crippen LogP contribution in [0.2, 0.25) is 5.15 Å². The lowest BCUT2D eigenvalue weighted by molar-refractivity contribution is -0.116. The van der Waals surface area contributed by atoms with Crippen LogP contribution in [0.4, 0.5) is 0 Å². The Morgan fingerprint density at radius 3 is 2.91 bits per heavy atom. The van der Waals surface area contributed by atoms with Crippen LogP contribution in [0.15, 0.2) is 48.7 Å². The minimum atomic E-state index is -0.728. The molecule has 0 fully saturated rings. The summed E-state index contributed by atoms with van der Waals surface area (Å²) < 4.78 is 0. The molecule has 1 aromatic carbocycles. The van der Waals surface area contributed by atoms with Crippen molar-refractivity contribution in [3.05, 3.63) is 70.5 Å². The molecule has 0 aliphatic carbocycles. The minimum absolute atomic E-state index is 0.158. The van der Waals surface area contributed by atoms with E-state index in [0.717, 1.165) is 16.7 Å². The molecule has 1 atom stereocenters. The predicted octanol–water partition coefficient (Wildman–Crippen LogP) is 2.91. The number of aliphatic hydroxyl groups is 1. The van der Waals surface area contributed by atoms with Crippen LogP contribution >= 0.6 is 11.6 Å². The third-order valence-corrected chi connectivity index (χ3v) is 3.40. The van der Waals surface area contributed by atoms with E-state index in [1.54, 1.807) is 24.4 Å². The van der Waals surface area contributed by atoms with Crippen LogP contribution in [0.1, 0.15) is 22.8 Å². The van der Waals surface area contributed by atoms with Gasteiger partial charge in [0.2, 0.25) is 5.91 Å². The van der Waals surface area contributed by atoms with Crippen molar-refractivity contribution in [3.8, 4) is 0 Å². The quantitative estimate of drug-likeness (QED) is 0.658. The van der Waals surface area contributed by atoms with Crippen LogP contribution in [0.25, 0.3) is 6.08 Å². The molecule has 0 aliphatic rings. The van der Waals surface area contributed by atoms with E-state index in [4.69, 9.17) is 11.6 Å². The van der Waals surface area contributed by atoms with E-state index in [9.17, 15) is 9.90 Å². The third-order valence-electron chi connectivity index (χ3n) is 3.19. The van der Waals surface area contributed by atoms with Crippen LogP contribution in [0, 0.1) is 6.92 Å². The molecule has 0 saturated carbocycles. The third kappa shape index (κ3) is 4.69. The zero-order valence-corrected chi connectivity index (χ0v) is 12.9. The summed E-state index contributed by atoms with van der Waals surface area (Å²) >= 11 is 5.77. The number of pyridine rings is 1. The largest absolute Gasteiger partial charge is 0.387 e. The maximum atomic E-state index is 11.8. The molecular formula is C17H17ClN2O2. The summed E-state index contributed by atoms with van der Waals surface area (Å²) in [4.78, 5) is 15.6. The number of aryl methyl sites for hydroxylation is 1. The lowest BCUT2D eigenvalue weighted by Gasteiger charge is -2.13. The lowest BCUT2D eigenvalue weighted by atomic mass is 10.0. The van der Waals surface area contributed by atoms with Gasteiger partial charge in [0.25, 0.3) is 0 Å². The van der Waals surface area contributed by atoms with E-state index in [-0.39, 0.29) is 12.5 Å². The number of aliphatic hydroxyl groups excluding tert-OH is 1. The van der Waals surface area contributed by atoms with E-state index in [2.05, 4.69) is 10.3 Å². The second-order valence-corrected chi connectivity index (χ2v) is 5.25. The Kier molecular flexibility index (Phi) is 5.69. The molecule has 0 aliphatic heterocycles. The number of aromatic nitrogens is 1. The van der Waals surface area contributed by atoms with E-state index in [1.807, 2.05) is 31.2 Å². The number of nitrogens with zero attached hydrogens (tertiary/aromatic N) is 1. The van der Waals surface area contributed by atoms with Crippen LogP contribution in [0.5, 0.6) is 0 Å². The molecule has 2 aromatic rings.